The summed E-state index contributed by atoms with van der Waals surface area (Å²) in [5.74, 6) is -0.339. The highest BCUT2D eigenvalue weighted by molar-refractivity contribution is 5.83. The van der Waals surface area contributed by atoms with Gasteiger partial charge in [-0.1, -0.05) is 30.3 Å². The fourth-order valence-corrected chi connectivity index (χ4v) is 3.47. The average molecular weight is 378 g/mol. The Morgan fingerprint density at radius 2 is 2.07 bits per heavy atom. The van der Waals surface area contributed by atoms with Gasteiger partial charge in [-0.15, -0.1) is 0 Å². The third-order valence-electron chi connectivity index (χ3n) is 4.90. The van der Waals surface area contributed by atoms with Gasteiger partial charge in [0.25, 0.3) is 0 Å². The van der Waals surface area contributed by atoms with Crippen LogP contribution in [0.15, 0.2) is 61.1 Å². The fraction of sp³-hybridized carbons (Fsp3) is 0.286. The monoisotopic (exact) mass is 378 g/mol. The summed E-state index contributed by atoms with van der Waals surface area (Å²) in [5, 5.41) is 3.77. The Morgan fingerprint density at radius 3 is 2.89 bits per heavy atom. The Morgan fingerprint density at radius 1 is 1.21 bits per heavy atom. The van der Waals surface area contributed by atoms with Gasteiger partial charge in [0.2, 0.25) is 5.91 Å². The molecule has 3 aromatic rings. The molecule has 7 nitrogen and oxygen atoms in total. The van der Waals surface area contributed by atoms with Crippen LogP contribution in [0.5, 0.6) is 0 Å². The number of carbonyl (C=O) groups is 2. The van der Waals surface area contributed by atoms with Crippen molar-refractivity contribution in [2.75, 3.05) is 26.2 Å². The molecule has 1 N–H and O–H groups in total. The topological polar surface area (TPSA) is 76.5 Å². The van der Waals surface area contributed by atoms with Crippen molar-refractivity contribution in [3.63, 3.8) is 0 Å². The van der Waals surface area contributed by atoms with Crippen LogP contribution < -0.4 is 5.32 Å². The number of aromatic nitrogens is 2. The van der Waals surface area contributed by atoms with E-state index >= 15 is 0 Å². The molecule has 1 aromatic carbocycles. The maximum Gasteiger partial charge on any atom is 0.330 e. The Labute approximate surface area is 162 Å². The molecule has 0 saturated carbocycles. The largest absolute Gasteiger partial charge is 0.459 e. The van der Waals surface area contributed by atoms with Crippen LogP contribution in [0.4, 0.5) is 0 Å². The van der Waals surface area contributed by atoms with Crippen LogP contribution in [-0.4, -0.2) is 52.5 Å². The normalized spacial score (nSPS) is 15.9. The van der Waals surface area contributed by atoms with Gasteiger partial charge in [-0.25, -0.2) is 4.79 Å². The number of piperazine rings is 1. The Balaban J connectivity index is 1.57. The van der Waals surface area contributed by atoms with E-state index in [1.165, 1.54) is 0 Å². The molecule has 7 heteroatoms. The molecule has 28 heavy (non-hydrogen) atoms. The number of esters is 1. The lowest BCUT2D eigenvalue weighted by molar-refractivity contribution is -0.150. The minimum Gasteiger partial charge on any atom is -0.459 e. The zero-order valence-corrected chi connectivity index (χ0v) is 15.5. The van der Waals surface area contributed by atoms with Gasteiger partial charge in [-0.05, 0) is 17.7 Å². The number of benzene rings is 1. The molecule has 1 unspecified atom stereocenters. The van der Waals surface area contributed by atoms with Crippen LogP contribution in [0.25, 0.3) is 10.9 Å². The Bertz CT molecular complexity index is 970. The van der Waals surface area contributed by atoms with Crippen LogP contribution >= 0.6 is 0 Å². The molecule has 1 aliphatic rings. The van der Waals surface area contributed by atoms with Crippen LogP contribution in [0, 0.1) is 0 Å². The highest BCUT2D eigenvalue weighted by Crippen LogP contribution is 2.22. The SMILES string of the molecule is O=C1CN(CC(C(=O)OCc2ccccc2)n2ccc3cnccc32)CCN1. The maximum atomic E-state index is 13.0. The van der Waals surface area contributed by atoms with Gasteiger partial charge in [0.1, 0.15) is 12.6 Å². The fourth-order valence-electron chi connectivity index (χ4n) is 3.47. The predicted molar refractivity (Wildman–Crippen MR) is 104 cm³/mol. The van der Waals surface area contributed by atoms with Gasteiger partial charge in [0.15, 0.2) is 0 Å². The first kappa shape index (κ1) is 18.2. The molecule has 1 fully saturated rings. The quantitative estimate of drug-likeness (QED) is 0.662. The standard InChI is InChI=1S/C21H22N4O3/c26-20-14-24(11-9-23-20)13-19(21(27)28-15-16-4-2-1-3-5-16)25-10-7-17-12-22-8-6-18(17)25/h1-8,10,12,19H,9,11,13-15H2,(H,23,26). The molecule has 3 heterocycles. The zero-order valence-electron chi connectivity index (χ0n) is 15.5. The number of hydrogen-bond donors (Lipinski definition) is 1. The molecule has 0 radical (unpaired) electrons. The first-order valence-corrected chi connectivity index (χ1v) is 9.31. The van der Waals surface area contributed by atoms with Gasteiger partial charge in [0, 0.05) is 43.6 Å². The number of fused-ring (bicyclic) bond motifs is 1. The summed E-state index contributed by atoms with van der Waals surface area (Å²) in [6.07, 6.45) is 5.36. The van der Waals surface area contributed by atoms with E-state index in [4.69, 9.17) is 4.74 Å². The second-order valence-electron chi connectivity index (χ2n) is 6.85. The molecule has 144 valence electrons. The van der Waals surface area contributed by atoms with Gasteiger partial charge < -0.3 is 14.6 Å². The molecule has 0 bridgehead atoms. The Hall–Kier alpha value is -3.19. The number of hydrogen-bond acceptors (Lipinski definition) is 5. The highest BCUT2D eigenvalue weighted by atomic mass is 16.5. The van der Waals surface area contributed by atoms with E-state index in [-0.39, 0.29) is 25.0 Å². The number of pyridine rings is 1. The van der Waals surface area contributed by atoms with Gasteiger partial charge in [0.05, 0.1) is 12.1 Å². The lowest BCUT2D eigenvalue weighted by atomic mass is 10.2. The number of nitrogens with zero attached hydrogens (tertiary/aromatic N) is 3. The van der Waals surface area contributed by atoms with E-state index in [2.05, 4.69) is 10.3 Å². The van der Waals surface area contributed by atoms with E-state index in [0.29, 0.717) is 19.6 Å². The molecule has 0 aliphatic carbocycles. The van der Waals surface area contributed by atoms with Crippen molar-refractivity contribution < 1.29 is 14.3 Å². The number of ether oxygens (including phenoxy) is 1. The van der Waals surface area contributed by atoms with E-state index < -0.39 is 6.04 Å². The number of nitrogens with one attached hydrogen (secondary N) is 1. The average Bonchev–Trinajstić information content (AvgIpc) is 3.15. The van der Waals surface area contributed by atoms with Crippen molar-refractivity contribution in [1.29, 1.82) is 0 Å². The second-order valence-corrected chi connectivity index (χ2v) is 6.85. The van der Waals surface area contributed by atoms with Gasteiger partial charge in [-0.2, -0.15) is 0 Å². The van der Waals surface area contributed by atoms with Crippen molar-refractivity contribution in [2.24, 2.45) is 0 Å². The Kier molecular flexibility index (Phi) is 5.34. The van der Waals surface area contributed by atoms with E-state index in [0.717, 1.165) is 16.5 Å². The van der Waals surface area contributed by atoms with Crippen LogP contribution in [0.1, 0.15) is 11.6 Å². The van der Waals surface area contributed by atoms with Crippen molar-refractivity contribution >= 4 is 22.8 Å². The van der Waals surface area contributed by atoms with E-state index in [1.807, 2.05) is 58.1 Å². The minimum atomic E-state index is -0.547. The third-order valence-corrected chi connectivity index (χ3v) is 4.90. The third kappa shape index (κ3) is 4.04. The molecule has 1 aliphatic heterocycles. The second kappa shape index (κ2) is 8.22. The van der Waals surface area contributed by atoms with Crippen LogP contribution in [-0.2, 0) is 20.9 Å². The first-order valence-electron chi connectivity index (χ1n) is 9.31. The van der Waals surface area contributed by atoms with E-state index in [1.54, 1.807) is 12.4 Å². The van der Waals surface area contributed by atoms with E-state index in [9.17, 15) is 9.59 Å². The summed E-state index contributed by atoms with van der Waals surface area (Å²) < 4.78 is 7.54. The van der Waals surface area contributed by atoms with Gasteiger partial charge >= 0.3 is 5.97 Å². The highest BCUT2D eigenvalue weighted by Gasteiger charge is 2.28. The smallest absolute Gasteiger partial charge is 0.330 e. The van der Waals surface area contributed by atoms with Crippen molar-refractivity contribution in [3.05, 3.63) is 66.6 Å². The molecule has 2 aromatic heterocycles. The van der Waals surface area contributed by atoms with Crippen molar-refractivity contribution in [3.8, 4) is 0 Å². The van der Waals surface area contributed by atoms with Crippen LogP contribution in [0.2, 0.25) is 0 Å². The molecule has 4 rings (SSSR count). The number of rotatable bonds is 6. The van der Waals surface area contributed by atoms with Crippen molar-refractivity contribution in [2.45, 2.75) is 12.6 Å². The van der Waals surface area contributed by atoms with Crippen LogP contribution in [0.3, 0.4) is 0 Å². The maximum absolute atomic E-state index is 13.0. The molecule has 0 spiro atoms. The summed E-state index contributed by atoms with van der Waals surface area (Å²) in [6.45, 7) is 2.20. The number of amides is 1. The summed E-state index contributed by atoms with van der Waals surface area (Å²) in [4.78, 5) is 30.9. The van der Waals surface area contributed by atoms with Gasteiger partial charge in [-0.3, -0.25) is 14.7 Å². The molecule has 1 amide bonds. The zero-order chi connectivity index (χ0) is 19.3. The molecule has 1 saturated heterocycles. The first-order chi connectivity index (χ1) is 13.7. The lowest BCUT2D eigenvalue weighted by Gasteiger charge is -2.30. The predicted octanol–water partition coefficient (Wildman–Crippen LogP) is 1.75. The molecular formula is C21H22N4O3. The summed E-state index contributed by atoms with van der Waals surface area (Å²) in [5.41, 5.74) is 1.85. The summed E-state index contributed by atoms with van der Waals surface area (Å²) in [6, 6.07) is 12.9. The lowest BCUT2D eigenvalue weighted by Crippen LogP contribution is -2.50. The minimum absolute atomic E-state index is 0.0239. The summed E-state index contributed by atoms with van der Waals surface area (Å²) >= 11 is 0. The number of carbonyl (C=O) groups excluding carboxylic acids is 2. The molecule has 1 atom stereocenters. The summed E-state index contributed by atoms with van der Waals surface area (Å²) in [7, 11) is 0. The molecular weight excluding hydrogens is 356 g/mol. The van der Waals surface area contributed by atoms with Crippen molar-refractivity contribution in [1.82, 2.24) is 19.8 Å².